The number of fused-ring (bicyclic) bond motifs is 1. The van der Waals surface area contributed by atoms with Crippen LogP contribution in [0.25, 0.3) is 0 Å². The van der Waals surface area contributed by atoms with Gasteiger partial charge < -0.3 is 14.2 Å². The number of hydrogen-bond acceptors (Lipinski definition) is 4. The molecule has 0 heterocycles. The van der Waals surface area contributed by atoms with Gasteiger partial charge in [0.2, 0.25) is 0 Å². The fraction of sp³-hybridized carbons (Fsp3) is 0.316. The summed E-state index contributed by atoms with van der Waals surface area (Å²) < 4.78 is 16.0. The van der Waals surface area contributed by atoms with Gasteiger partial charge in [-0.25, -0.2) is 0 Å². The van der Waals surface area contributed by atoms with E-state index in [1.807, 2.05) is 36.4 Å². The number of hydrogen-bond donors (Lipinski definition) is 0. The van der Waals surface area contributed by atoms with Gasteiger partial charge in [-0.2, -0.15) is 0 Å². The van der Waals surface area contributed by atoms with Crippen molar-refractivity contribution in [1.82, 2.24) is 0 Å². The topological polar surface area (TPSA) is 44.8 Å². The highest BCUT2D eigenvalue weighted by molar-refractivity contribution is 6.03. The maximum atomic E-state index is 12.9. The molecule has 0 saturated heterocycles. The third kappa shape index (κ3) is 2.77. The maximum absolute atomic E-state index is 12.9. The lowest BCUT2D eigenvalue weighted by molar-refractivity contribution is 0.0944. The van der Waals surface area contributed by atoms with Gasteiger partial charge in [-0.3, -0.25) is 4.79 Å². The first-order valence-electron chi connectivity index (χ1n) is 7.61. The highest BCUT2D eigenvalue weighted by Crippen LogP contribution is 2.39. The Morgan fingerprint density at radius 3 is 2.30 bits per heavy atom. The van der Waals surface area contributed by atoms with Crippen LogP contribution in [0.1, 0.15) is 33.8 Å². The van der Waals surface area contributed by atoms with Crippen LogP contribution in [0.5, 0.6) is 17.2 Å². The predicted molar refractivity (Wildman–Crippen MR) is 87.9 cm³/mol. The number of aryl methyl sites for hydroxylation is 1. The molecule has 0 aromatic heterocycles. The molecule has 2 aromatic rings. The van der Waals surface area contributed by atoms with Crippen molar-refractivity contribution < 1.29 is 19.0 Å². The first-order chi connectivity index (χ1) is 11.2. The van der Waals surface area contributed by atoms with E-state index in [1.54, 1.807) is 21.3 Å². The standard InChI is InChI=1S/C19H20O4/c1-21-13-5-8-15-12(10-13)4-7-16(19(15)20)17-11-14(22-2)6-9-18(17)23-3/h5-6,8-11,16H,4,7H2,1-3H3. The van der Waals surface area contributed by atoms with Crippen molar-refractivity contribution in [3.05, 3.63) is 53.1 Å². The van der Waals surface area contributed by atoms with Gasteiger partial charge in [-0.05, 0) is 54.8 Å². The van der Waals surface area contributed by atoms with Gasteiger partial charge in [0.1, 0.15) is 17.2 Å². The number of methoxy groups -OCH3 is 3. The average Bonchev–Trinajstić information content (AvgIpc) is 2.61. The van der Waals surface area contributed by atoms with E-state index in [2.05, 4.69) is 0 Å². The van der Waals surface area contributed by atoms with E-state index in [4.69, 9.17) is 14.2 Å². The molecule has 23 heavy (non-hydrogen) atoms. The molecule has 0 radical (unpaired) electrons. The van der Waals surface area contributed by atoms with Crippen molar-refractivity contribution in [3.63, 3.8) is 0 Å². The summed E-state index contributed by atoms with van der Waals surface area (Å²) in [5, 5.41) is 0. The van der Waals surface area contributed by atoms with E-state index >= 15 is 0 Å². The molecular formula is C19H20O4. The Balaban J connectivity index is 2.01. The Morgan fingerprint density at radius 1 is 0.913 bits per heavy atom. The molecule has 120 valence electrons. The lowest BCUT2D eigenvalue weighted by Gasteiger charge is -2.25. The van der Waals surface area contributed by atoms with E-state index < -0.39 is 0 Å². The van der Waals surface area contributed by atoms with Gasteiger partial charge in [-0.15, -0.1) is 0 Å². The summed E-state index contributed by atoms with van der Waals surface area (Å²) >= 11 is 0. The van der Waals surface area contributed by atoms with E-state index in [0.29, 0.717) is 0 Å². The monoisotopic (exact) mass is 312 g/mol. The summed E-state index contributed by atoms with van der Waals surface area (Å²) in [5.74, 6) is 2.16. The first kappa shape index (κ1) is 15.4. The van der Waals surface area contributed by atoms with E-state index in [1.165, 1.54) is 0 Å². The van der Waals surface area contributed by atoms with Crippen molar-refractivity contribution in [2.45, 2.75) is 18.8 Å². The Morgan fingerprint density at radius 2 is 1.61 bits per heavy atom. The van der Waals surface area contributed by atoms with Crippen LogP contribution in [0.3, 0.4) is 0 Å². The summed E-state index contributed by atoms with van der Waals surface area (Å²) in [6.45, 7) is 0. The number of carbonyl (C=O) groups is 1. The van der Waals surface area contributed by atoms with Crippen LogP contribution < -0.4 is 14.2 Å². The minimum absolute atomic E-state index is 0.125. The second-order valence-electron chi connectivity index (χ2n) is 5.59. The number of benzene rings is 2. The third-order valence-electron chi connectivity index (χ3n) is 4.41. The van der Waals surface area contributed by atoms with Crippen molar-refractivity contribution in [1.29, 1.82) is 0 Å². The van der Waals surface area contributed by atoms with Crippen molar-refractivity contribution in [2.75, 3.05) is 21.3 Å². The zero-order chi connectivity index (χ0) is 16.4. The van der Waals surface area contributed by atoms with Gasteiger partial charge in [0.05, 0.1) is 27.2 Å². The molecule has 1 atom stereocenters. The lowest BCUT2D eigenvalue weighted by Crippen LogP contribution is -2.21. The molecule has 0 amide bonds. The highest BCUT2D eigenvalue weighted by Gasteiger charge is 2.31. The van der Waals surface area contributed by atoms with Crippen LogP contribution in [0, 0.1) is 0 Å². The first-order valence-corrected chi connectivity index (χ1v) is 7.61. The lowest BCUT2D eigenvalue weighted by atomic mass is 9.78. The quantitative estimate of drug-likeness (QED) is 0.865. The zero-order valence-electron chi connectivity index (χ0n) is 13.6. The number of ether oxygens (including phenoxy) is 3. The smallest absolute Gasteiger partial charge is 0.170 e. The van der Waals surface area contributed by atoms with Gasteiger partial charge in [0.15, 0.2) is 5.78 Å². The molecule has 0 spiro atoms. The van der Waals surface area contributed by atoms with Crippen LogP contribution in [-0.2, 0) is 6.42 Å². The molecule has 1 aliphatic carbocycles. The van der Waals surface area contributed by atoms with Gasteiger partial charge in [0, 0.05) is 11.1 Å². The van der Waals surface area contributed by atoms with Gasteiger partial charge in [0.25, 0.3) is 0 Å². The molecule has 0 aliphatic heterocycles. The van der Waals surface area contributed by atoms with Crippen LogP contribution >= 0.6 is 0 Å². The van der Waals surface area contributed by atoms with Crippen LogP contribution in [-0.4, -0.2) is 27.1 Å². The van der Waals surface area contributed by atoms with E-state index in [9.17, 15) is 4.79 Å². The Kier molecular flexibility index (Phi) is 4.24. The Bertz CT molecular complexity index is 736. The second-order valence-corrected chi connectivity index (χ2v) is 5.59. The van der Waals surface area contributed by atoms with Crippen LogP contribution in [0.4, 0.5) is 0 Å². The summed E-state index contributed by atoms with van der Waals surface area (Å²) in [7, 11) is 4.88. The molecule has 0 bridgehead atoms. The number of carbonyl (C=O) groups excluding carboxylic acids is 1. The molecule has 0 N–H and O–H groups in total. The minimum atomic E-state index is -0.207. The fourth-order valence-electron chi connectivity index (χ4n) is 3.17. The molecule has 2 aromatic carbocycles. The molecule has 4 nitrogen and oxygen atoms in total. The predicted octanol–water partition coefficient (Wildman–Crippen LogP) is 3.63. The largest absolute Gasteiger partial charge is 0.497 e. The van der Waals surface area contributed by atoms with Crippen molar-refractivity contribution in [3.8, 4) is 17.2 Å². The van der Waals surface area contributed by atoms with Crippen LogP contribution in [0.2, 0.25) is 0 Å². The minimum Gasteiger partial charge on any atom is -0.497 e. The Labute approximate surface area is 136 Å². The molecule has 0 fully saturated rings. The van der Waals surface area contributed by atoms with E-state index in [-0.39, 0.29) is 11.7 Å². The molecule has 1 unspecified atom stereocenters. The average molecular weight is 312 g/mol. The number of ketones is 1. The third-order valence-corrected chi connectivity index (χ3v) is 4.41. The van der Waals surface area contributed by atoms with Crippen molar-refractivity contribution in [2.24, 2.45) is 0 Å². The zero-order valence-corrected chi connectivity index (χ0v) is 13.6. The molecule has 4 heteroatoms. The molecular weight excluding hydrogens is 292 g/mol. The molecule has 1 aliphatic rings. The fourth-order valence-corrected chi connectivity index (χ4v) is 3.17. The van der Waals surface area contributed by atoms with E-state index in [0.717, 1.165) is 46.8 Å². The Hall–Kier alpha value is -2.49. The maximum Gasteiger partial charge on any atom is 0.170 e. The number of rotatable bonds is 4. The van der Waals surface area contributed by atoms with Crippen LogP contribution in [0.15, 0.2) is 36.4 Å². The van der Waals surface area contributed by atoms with Crippen molar-refractivity contribution >= 4 is 5.78 Å². The normalized spacial score (nSPS) is 16.7. The van der Waals surface area contributed by atoms with Gasteiger partial charge >= 0.3 is 0 Å². The summed E-state index contributed by atoms with van der Waals surface area (Å²) in [4.78, 5) is 12.9. The SMILES string of the molecule is COc1ccc2c(c1)CCC(c1cc(OC)ccc1OC)C2=O. The molecule has 3 rings (SSSR count). The second kappa shape index (κ2) is 6.32. The summed E-state index contributed by atoms with van der Waals surface area (Å²) in [6, 6.07) is 11.2. The summed E-state index contributed by atoms with van der Waals surface area (Å²) in [5.41, 5.74) is 2.71. The summed E-state index contributed by atoms with van der Waals surface area (Å²) in [6.07, 6.45) is 1.59. The highest BCUT2D eigenvalue weighted by atomic mass is 16.5. The van der Waals surface area contributed by atoms with Gasteiger partial charge in [-0.1, -0.05) is 0 Å². The molecule has 0 saturated carbocycles. The number of Topliss-reactive ketones (excluding diaryl/α,β-unsaturated/α-hetero) is 1.